The van der Waals surface area contributed by atoms with Crippen molar-refractivity contribution in [1.29, 1.82) is 0 Å². The molecule has 0 aliphatic carbocycles. The first-order valence-electron chi connectivity index (χ1n) is 8.10. The van der Waals surface area contributed by atoms with Crippen molar-refractivity contribution in [3.63, 3.8) is 0 Å². The van der Waals surface area contributed by atoms with E-state index < -0.39 is 0 Å². The van der Waals surface area contributed by atoms with Crippen LogP contribution in [0.5, 0.6) is 0 Å². The Labute approximate surface area is 117 Å². The SMILES string of the molecule is CCCC(C)(C)CCC(C)(CC(C)C)CC(C)C. The molecule has 0 aromatic carbocycles. The monoisotopic (exact) mass is 254 g/mol. The van der Waals surface area contributed by atoms with Gasteiger partial charge in [-0.15, -0.1) is 0 Å². The molecule has 0 N–H and O–H groups in total. The maximum absolute atomic E-state index is 2.52. The molecule has 0 amide bonds. The summed E-state index contributed by atoms with van der Waals surface area (Å²) in [6, 6.07) is 0. The van der Waals surface area contributed by atoms with E-state index in [1.54, 1.807) is 0 Å². The molecule has 0 saturated heterocycles. The van der Waals surface area contributed by atoms with Gasteiger partial charge in [0.05, 0.1) is 0 Å². The maximum Gasteiger partial charge on any atom is -0.0321 e. The Morgan fingerprint density at radius 2 is 1.17 bits per heavy atom. The quantitative estimate of drug-likeness (QED) is 0.430. The van der Waals surface area contributed by atoms with E-state index in [0.717, 1.165) is 11.8 Å². The van der Waals surface area contributed by atoms with Gasteiger partial charge in [0.2, 0.25) is 0 Å². The fourth-order valence-corrected chi connectivity index (χ4v) is 3.70. The third-order valence-corrected chi connectivity index (χ3v) is 4.13. The highest BCUT2D eigenvalue weighted by molar-refractivity contribution is 4.80. The Bertz CT molecular complexity index is 200. The summed E-state index contributed by atoms with van der Waals surface area (Å²) in [4.78, 5) is 0. The predicted molar refractivity (Wildman–Crippen MR) is 84.9 cm³/mol. The lowest BCUT2D eigenvalue weighted by Gasteiger charge is -2.36. The predicted octanol–water partition coefficient (Wildman–Crippen LogP) is 6.69. The zero-order valence-corrected chi connectivity index (χ0v) is 14.4. The van der Waals surface area contributed by atoms with Crippen molar-refractivity contribution in [3.8, 4) is 0 Å². The van der Waals surface area contributed by atoms with E-state index in [0.29, 0.717) is 10.8 Å². The first-order chi connectivity index (χ1) is 8.10. The van der Waals surface area contributed by atoms with E-state index in [4.69, 9.17) is 0 Å². The van der Waals surface area contributed by atoms with E-state index in [1.165, 1.54) is 38.5 Å². The molecule has 0 heterocycles. The van der Waals surface area contributed by atoms with Gasteiger partial charge >= 0.3 is 0 Å². The molecule has 0 rings (SSSR count). The van der Waals surface area contributed by atoms with Crippen molar-refractivity contribution < 1.29 is 0 Å². The molecule has 0 nitrogen and oxygen atoms in total. The molecule has 0 aliphatic heterocycles. The van der Waals surface area contributed by atoms with E-state index in [1.807, 2.05) is 0 Å². The third kappa shape index (κ3) is 8.16. The minimum atomic E-state index is 0.532. The van der Waals surface area contributed by atoms with E-state index in [9.17, 15) is 0 Å². The Kier molecular flexibility index (Phi) is 7.56. The highest BCUT2D eigenvalue weighted by atomic mass is 14.3. The van der Waals surface area contributed by atoms with Crippen LogP contribution in [-0.2, 0) is 0 Å². The van der Waals surface area contributed by atoms with Gasteiger partial charge in [-0.25, -0.2) is 0 Å². The summed E-state index contributed by atoms with van der Waals surface area (Å²) >= 11 is 0. The van der Waals surface area contributed by atoms with Crippen LogP contribution >= 0.6 is 0 Å². The Morgan fingerprint density at radius 3 is 1.50 bits per heavy atom. The molecule has 0 bridgehead atoms. The van der Waals surface area contributed by atoms with Gasteiger partial charge in [-0.1, -0.05) is 61.8 Å². The lowest BCUT2D eigenvalue weighted by atomic mass is 9.69. The van der Waals surface area contributed by atoms with Gasteiger partial charge in [-0.2, -0.15) is 0 Å². The second-order valence-corrected chi connectivity index (χ2v) is 8.42. The Hall–Kier alpha value is 0. The molecule has 110 valence electrons. The summed E-state index contributed by atoms with van der Waals surface area (Å²) < 4.78 is 0. The van der Waals surface area contributed by atoms with Gasteiger partial charge in [0.15, 0.2) is 0 Å². The van der Waals surface area contributed by atoms with Crippen LogP contribution in [0.2, 0.25) is 0 Å². The second kappa shape index (κ2) is 7.56. The van der Waals surface area contributed by atoms with Crippen LogP contribution in [0.25, 0.3) is 0 Å². The van der Waals surface area contributed by atoms with Gasteiger partial charge in [0.25, 0.3) is 0 Å². The third-order valence-electron chi connectivity index (χ3n) is 4.13. The highest BCUT2D eigenvalue weighted by Crippen LogP contribution is 2.41. The van der Waals surface area contributed by atoms with E-state index in [2.05, 4.69) is 55.4 Å². The molecule has 0 atom stereocenters. The number of hydrogen-bond donors (Lipinski definition) is 0. The Balaban J connectivity index is 4.49. The summed E-state index contributed by atoms with van der Waals surface area (Å²) in [6.07, 6.45) is 8.23. The number of rotatable bonds is 9. The maximum atomic E-state index is 2.52. The van der Waals surface area contributed by atoms with Crippen LogP contribution < -0.4 is 0 Å². The number of hydrogen-bond acceptors (Lipinski definition) is 0. The van der Waals surface area contributed by atoms with Gasteiger partial charge < -0.3 is 0 Å². The van der Waals surface area contributed by atoms with Crippen molar-refractivity contribution in [2.75, 3.05) is 0 Å². The van der Waals surface area contributed by atoms with Gasteiger partial charge in [0.1, 0.15) is 0 Å². The molecule has 0 aromatic rings. The van der Waals surface area contributed by atoms with Crippen LogP contribution in [0, 0.1) is 22.7 Å². The van der Waals surface area contributed by atoms with Crippen LogP contribution in [0.15, 0.2) is 0 Å². The fraction of sp³-hybridized carbons (Fsp3) is 1.00. The summed E-state index contributed by atoms with van der Waals surface area (Å²) in [5.41, 5.74) is 1.08. The molecule has 0 aromatic heterocycles. The van der Waals surface area contributed by atoms with Crippen molar-refractivity contribution >= 4 is 0 Å². The zero-order valence-electron chi connectivity index (χ0n) is 14.4. The van der Waals surface area contributed by atoms with Gasteiger partial charge in [-0.05, 0) is 54.8 Å². The normalized spacial score (nSPS) is 13.7. The molecular formula is C18H38. The summed E-state index contributed by atoms with van der Waals surface area (Å²) in [7, 11) is 0. The van der Waals surface area contributed by atoms with E-state index >= 15 is 0 Å². The summed E-state index contributed by atoms with van der Waals surface area (Å²) in [5, 5.41) is 0. The van der Waals surface area contributed by atoms with E-state index in [-0.39, 0.29) is 0 Å². The van der Waals surface area contributed by atoms with Crippen LogP contribution in [0.3, 0.4) is 0 Å². The average molecular weight is 255 g/mol. The lowest BCUT2D eigenvalue weighted by molar-refractivity contribution is 0.151. The first kappa shape index (κ1) is 18.0. The molecule has 0 saturated carbocycles. The van der Waals surface area contributed by atoms with Gasteiger partial charge in [-0.3, -0.25) is 0 Å². The molecule has 0 heteroatoms. The van der Waals surface area contributed by atoms with Crippen molar-refractivity contribution in [2.45, 2.75) is 93.9 Å². The molecule has 0 aliphatic rings. The van der Waals surface area contributed by atoms with Crippen molar-refractivity contribution in [1.82, 2.24) is 0 Å². The van der Waals surface area contributed by atoms with Crippen LogP contribution in [0.4, 0.5) is 0 Å². The molecule has 0 fully saturated rings. The van der Waals surface area contributed by atoms with Crippen LogP contribution in [-0.4, -0.2) is 0 Å². The zero-order chi connectivity index (χ0) is 14.4. The molecule has 0 unspecified atom stereocenters. The fourth-order valence-electron chi connectivity index (χ4n) is 3.70. The Morgan fingerprint density at radius 1 is 0.722 bits per heavy atom. The van der Waals surface area contributed by atoms with Crippen molar-refractivity contribution in [2.24, 2.45) is 22.7 Å². The molecule has 0 radical (unpaired) electrons. The highest BCUT2D eigenvalue weighted by Gasteiger charge is 2.29. The average Bonchev–Trinajstić information content (AvgIpc) is 2.12. The topological polar surface area (TPSA) is 0 Å². The van der Waals surface area contributed by atoms with Gasteiger partial charge in [0, 0.05) is 0 Å². The smallest absolute Gasteiger partial charge is 0.0321 e. The van der Waals surface area contributed by atoms with Crippen LogP contribution in [0.1, 0.15) is 93.9 Å². The molecular weight excluding hydrogens is 216 g/mol. The molecule has 18 heavy (non-hydrogen) atoms. The standard InChI is InChI=1S/C18H38/c1-9-10-17(6,7)11-12-18(8,13-15(2)3)14-16(4)5/h15-16H,9-14H2,1-8H3. The molecule has 0 spiro atoms. The summed E-state index contributed by atoms with van der Waals surface area (Å²) in [5.74, 6) is 1.64. The van der Waals surface area contributed by atoms with Crippen molar-refractivity contribution in [3.05, 3.63) is 0 Å². The largest absolute Gasteiger partial charge is 0.0654 e. The minimum absolute atomic E-state index is 0.532. The second-order valence-electron chi connectivity index (χ2n) is 8.42. The lowest BCUT2D eigenvalue weighted by Crippen LogP contribution is -2.24. The first-order valence-corrected chi connectivity index (χ1v) is 8.10. The minimum Gasteiger partial charge on any atom is -0.0654 e. The summed E-state index contributed by atoms with van der Waals surface area (Å²) in [6.45, 7) is 19.2.